The highest BCUT2D eigenvalue weighted by molar-refractivity contribution is 5.76. The molecule has 1 aromatic rings. The first-order chi connectivity index (χ1) is 12.7. The molecule has 7 heteroatoms. The summed E-state index contributed by atoms with van der Waals surface area (Å²) in [5, 5.41) is 0. The molecule has 0 spiro atoms. The average molecular weight is 371 g/mol. The van der Waals surface area contributed by atoms with E-state index in [4.69, 9.17) is 29.4 Å². The summed E-state index contributed by atoms with van der Waals surface area (Å²) in [7, 11) is 0. The van der Waals surface area contributed by atoms with Gasteiger partial charge >= 0.3 is 0 Å². The molecule has 0 saturated heterocycles. The zero-order valence-corrected chi connectivity index (χ0v) is 16.2. The van der Waals surface area contributed by atoms with Crippen LogP contribution in [0.25, 0.3) is 0 Å². The smallest absolute Gasteiger partial charge is 0.155 e. The third-order valence-electron chi connectivity index (χ3n) is 2.80. The molecule has 0 saturated carbocycles. The molecule has 0 radical (unpaired) electrons. The van der Waals surface area contributed by atoms with E-state index in [0.29, 0.717) is 58.5 Å². The van der Waals surface area contributed by atoms with E-state index < -0.39 is 0 Å². The number of carbonyl (C=O) groups is 1. The zero-order valence-electron chi connectivity index (χ0n) is 16.2. The molecule has 0 amide bonds. The van der Waals surface area contributed by atoms with Crippen LogP contribution in [0.4, 0.5) is 5.69 Å². The van der Waals surface area contributed by atoms with E-state index in [1.165, 1.54) is 6.92 Å². The summed E-state index contributed by atoms with van der Waals surface area (Å²) >= 11 is 0. The number of ketones is 1. The van der Waals surface area contributed by atoms with E-state index in [0.717, 1.165) is 5.75 Å². The van der Waals surface area contributed by atoms with E-state index in [2.05, 4.69) is 0 Å². The Kier molecular flexibility index (Phi) is 17.0. The standard InChI is InChI=1S/C17H27NO6.C2H6/c1-15(19)14-23-11-10-21-7-6-20-8-9-22-12-13-24-17-4-2-16(18)3-5-17;1-2/h2-5H,6-14,18H2,1H3;1-2H3. The maximum Gasteiger partial charge on any atom is 0.155 e. The van der Waals surface area contributed by atoms with E-state index in [1.807, 2.05) is 26.0 Å². The number of Topliss-reactive ketones (excluding diaryl/α,β-unsaturated/α-hetero) is 1. The SMILES string of the molecule is CC.CC(=O)COCCOCCOCCOCCOc1ccc(N)cc1. The topological polar surface area (TPSA) is 89.2 Å². The van der Waals surface area contributed by atoms with Gasteiger partial charge in [0.05, 0.1) is 46.2 Å². The van der Waals surface area contributed by atoms with Crippen LogP contribution in [0.3, 0.4) is 0 Å². The normalized spacial score (nSPS) is 10.1. The fourth-order valence-electron chi connectivity index (χ4n) is 1.66. The van der Waals surface area contributed by atoms with Gasteiger partial charge in [-0.1, -0.05) is 13.8 Å². The lowest BCUT2D eigenvalue weighted by Gasteiger charge is -2.08. The molecule has 2 N–H and O–H groups in total. The summed E-state index contributed by atoms with van der Waals surface area (Å²) in [6.07, 6.45) is 0. The second-order valence-electron chi connectivity index (χ2n) is 5.01. The van der Waals surface area contributed by atoms with Gasteiger partial charge < -0.3 is 29.4 Å². The van der Waals surface area contributed by atoms with Crippen LogP contribution in [0.1, 0.15) is 20.8 Å². The molecule has 7 nitrogen and oxygen atoms in total. The lowest BCUT2D eigenvalue weighted by atomic mass is 10.3. The van der Waals surface area contributed by atoms with Gasteiger partial charge in [0.2, 0.25) is 0 Å². The molecular weight excluding hydrogens is 338 g/mol. The molecule has 0 atom stereocenters. The van der Waals surface area contributed by atoms with Crippen molar-refractivity contribution in [1.82, 2.24) is 0 Å². The molecule has 0 aromatic heterocycles. The summed E-state index contributed by atoms with van der Waals surface area (Å²) in [5.74, 6) is 0.783. The Morgan fingerprint density at radius 1 is 0.769 bits per heavy atom. The van der Waals surface area contributed by atoms with Crippen LogP contribution in [0.2, 0.25) is 0 Å². The lowest BCUT2D eigenvalue weighted by molar-refractivity contribution is -0.122. The first-order valence-corrected chi connectivity index (χ1v) is 8.97. The Morgan fingerprint density at radius 2 is 1.19 bits per heavy atom. The maximum atomic E-state index is 10.6. The maximum absolute atomic E-state index is 10.6. The summed E-state index contributed by atoms with van der Waals surface area (Å²) in [5.41, 5.74) is 6.30. The molecule has 0 aliphatic rings. The Labute approximate surface area is 156 Å². The molecule has 26 heavy (non-hydrogen) atoms. The lowest BCUT2D eigenvalue weighted by Crippen LogP contribution is -2.14. The largest absolute Gasteiger partial charge is 0.491 e. The van der Waals surface area contributed by atoms with E-state index in [-0.39, 0.29) is 12.4 Å². The van der Waals surface area contributed by atoms with Crippen molar-refractivity contribution in [3.05, 3.63) is 24.3 Å². The van der Waals surface area contributed by atoms with Crippen molar-refractivity contribution in [3.63, 3.8) is 0 Å². The van der Waals surface area contributed by atoms with Crippen molar-refractivity contribution in [2.45, 2.75) is 20.8 Å². The van der Waals surface area contributed by atoms with Crippen LogP contribution in [-0.4, -0.2) is 65.2 Å². The van der Waals surface area contributed by atoms with Crippen LogP contribution >= 0.6 is 0 Å². The minimum absolute atomic E-state index is 0.0113. The minimum atomic E-state index is 0.0113. The molecule has 1 rings (SSSR count). The number of rotatable bonds is 15. The molecule has 0 bridgehead atoms. The Balaban J connectivity index is 0.00000301. The number of hydrogen-bond acceptors (Lipinski definition) is 7. The Morgan fingerprint density at radius 3 is 1.65 bits per heavy atom. The van der Waals surface area contributed by atoms with Gasteiger partial charge in [-0.25, -0.2) is 0 Å². The highest BCUT2D eigenvalue weighted by atomic mass is 16.6. The van der Waals surface area contributed by atoms with Crippen molar-refractivity contribution in [2.24, 2.45) is 0 Å². The zero-order chi connectivity index (χ0) is 19.5. The number of hydrogen-bond donors (Lipinski definition) is 1. The molecule has 150 valence electrons. The van der Waals surface area contributed by atoms with Gasteiger partial charge in [-0.3, -0.25) is 4.79 Å². The number of nitrogen functional groups attached to an aromatic ring is 1. The summed E-state index contributed by atoms with van der Waals surface area (Å²) in [6, 6.07) is 7.23. The Hall–Kier alpha value is -1.67. The molecule has 0 heterocycles. The van der Waals surface area contributed by atoms with Crippen LogP contribution in [0.5, 0.6) is 5.75 Å². The van der Waals surface area contributed by atoms with Gasteiger partial charge in [0.1, 0.15) is 19.0 Å². The van der Waals surface area contributed by atoms with Crippen molar-refractivity contribution in [1.29, 1.82) is 0 Å². The summed E-state index contributed by atoms with van der Waals surface area (Å²) < 4.78 is 26.6. The first kappa shape index (κ1) is 24.3. The minimum Gasteiger partial charge on any atom is -0.491 e. The van der Waals surface area contributed by atoms with Gasteiger partial charge in [0.15, 0.2) is 5.78 Å². The highest BCUT2D eigenvalue weighted by Crippen LogP contribution is 2.12. The van der Waals surface area contributed by atoms with Gasteiger partial charge in [0.25, 0.3) is 0 Å². The van der Waals surface area contributed by atoms with Crippen LogP contribution in [0.15, 0.2) is 24.3 Å². The quantitative estimate of drug-likeness (QED) is 0.374. The Bertz CT molecular complexity index is 438. The molecular formula is C19H33NO6. The number of benzene rings is 1. The predicted molar refractivity (Wildman–Crippen MR) is 102 cm³/mol. The van der Waals surface area contributed by atoms with Crippen LogP contribution < -0.4 is 10.5 Å². The number of nitrogens with two attached hydrogens (primary N) is 1. The van der Waals surface area contributed by atoms with E-state index >= 15 is 0 Å². The number of ether oxygens (including phenoxy) is 5. The molecule has 1 aromatic carbocycles. The fourth-order valence-corrected chi connectivity index (χ4v) is 1.66. The van der Waals surface area contributed by atoms with Gasteiger partial charge in [-0.15, -0.1) is 0 Å². The van der Waals surface area contributed by atoms with Gasteiger partial charge in [-0.05, 0) is 31.2 Å². The van der Waals surface area contributed by atoms with E-state index in [1.54, 1.807) is 12.1 Å². The second-order valence-corrected chi connectivity index (χ2v) is 5.01. The first-order valence-electron chi connectivity index (χ1n) is 8.97. The van der Waals surface area contributed by atoms with Crippen LogP contribution in [0, 0.1) is 0 Å². The number of carbonyl (C=O) groups excluding carboxylic acids is 1. The fraction of sp³-hybridized carbons (Fsp3) is 0.632. The second kappa shape index (κ2) is 18.1. The van der Waals surface area contributed by atoms with Crippen molar-refractivity contribution < 1.29 is 28.5 Å². The molecule has 0 aliphatic carbocycles. The molecule has 0 fully saturated rings. The van der Waals surface area contributed by atoms with Crippen molar-refractivity contribution >= 4 is 11.5 Å². The molecule has 0 aliphatic heterocycles. The monoisotopic (exact) mass is 371 g/mol. The molecule has 0 unspecified atom stereocenters. The van der Waals surface area contributed by atoms with Crippen LogP contribution in [-0.2, 0) is 23.7 Å². The summed E-state index contributed by atoms with van der Waals surface area (Å²) in [6.45, 7) is 9.47. The average Bonchev–Trinajstić information content (AvgIpc) is 2.65. The van der Waals surface area contributed by atoms with E-state index in [9.17, 15) is 4.79 Å². The summed E-state index contributed by atoms with van der Waals surface area (Å²) in [4.78, 5) is 10.6. The third kappa shape index (κ3) is 15.8. The van der Waals surface area contributed by atoms with Gasteiger partial charge in [-0.2, -0.15) is 0 Å². The van der Waals surface area contributed by atoms with Gasteiger partial charge in [0, 0.05) is 5.69 Å². The predicted octanol–water partition coefficient (Wildman–Crippen LogP) is 2.33. The number of anilines is 1. The van der Waals surface area contributed by atoms with Crippen molar-refractivity contribution in [2.75, 3.05) is 65.2 Å². The van der Waals surface area contributed by atoms with Crippen molar-refractivity contribution in [3.8, 4) is 5.75 Å². The highest BCUT2D eigenvalue weighted by Gasteiger charge is 1.96. The third-order valence-corrected chi connectivity index (χ3v) is 2.80.